The molecular formula is C17H24FN5O. The number of aromatic nitrogens is 2. The van der Waals surface area contributed by atoms with E-state index in [-0.39, 0.29) is 23.7 Å². The van der Waals surface area contributed by atoms with Crippen molar-refractivity contribution >= 4 is 17.7 Å². The summed E-state index contributed by atoms with van der Waals surface area (Å²) in [7, 11) is 3.53. The molecule has 1 amide bonds. The Labute approximate surface area is 141 Å². The van der Waals surface area contributed by atoms with Gasteiger partial charge in [-0.05, 0) is 31.6 Å². The molecule has 7 heteroatoms. The SMILES string of the molecule is CN(C)c1nc(N2C[C@@H]3CC[C@H](C2)N(CC2CC2)C3=O)ncc1F. The summed E-state index contributed by atoms with van der Waals surface area (Å²) in [4.78, 5) is 27.2. The fourth-order valence-corrected chi connectivity index (χ4v) is 3.84. The van der Waals surface area contributed by atoms with Gasteiger partial charge in [0.15, 0.2) is 11.6 Å². The van der Waals surface area contributed by atoms with Gasteiger partial charge in [0.1, 0.15) is 0 Å². The van der Waals surface area contributed by atoms with E-state index in [1.54, 1.807) is 19.0 Å². The molecule has 1 aromatic heterocycles. The minimum absolute atomic E-state index is 0.0129. The van der Waals surface area contributed by atoms with Gasteiger partial charge in [0.25, 0.3) is 0 Å². The first kappa shape index (κ1) is 15.6. The van der Waals surface area contributed by atoms with E-state index in [0.717, 1.165) is 25.9 Å². The second kappa shape index (κ2) is 5.86. The van der Waals surface area contributed by atoms with Crippen LogP contribution in [-0.2, 0) is 4.79 Å². The summed E-state index contributed by atoms with van der Waals surface area (Å²) >= 11 is 0. The third kappa shape index (κ3) is 2.80. The largest absolute Gasteiger partial charge is 0.360 e. The Balaban J connectivity index is 1.59. The van der Waals surface area contributed by atoms with Gasteiger partial charge in [0, 0.05) is 39.8 Å². The van der Waals surface area contributed by atoms with Crippen LogP contribution in [0.3, 0.4) is 0 Å². The van der Waals surface area contributed by atoms with Gasteiger partial charge in [0.2, 0.25) is 11.9 Å². The summed E-state index contributed by atoms with van der Waals surface area (Å²) in [6, 6.07) is 0.230. The van der Waals surface area contributed by atoms with Crippen molar-refractivity contribution in [2.75, 3.05) is 43.5 Å². The van der Waals surface area contributed by atoms with Crippen molar-refractivity contribution in [3.8, 4) is 0 Å². The Morgan fingerprint density at radius 1 is 1.25 bits per heavy atom. The van der Waals surface area contributed by atoms with Crippen molar-refractivity contribution in [3.63, 3.8) is 0 Å². The van der Waals surface area contributed by atoms with Crippen LogP contribution < -0.4 is 9.80 Å². The maximum Gasteiger partial charge on any atom is 0.227 e. The van der Waals surface area contributed by atoms with Gasteiger partial charge in [-0.3, -0.25) is 4.79 Å². The van der Waals surface area contributed by atoms with E-state index in [2.05, 4.69) is 19.8 Å². The molecule has 4 aliphatic rings. The van der Waals surface area contributed by atoms with Crippen LogP contribution in [0.1, 0.15) is 25.7 Å². The first-order chi connectivity index (χ1) is 11.5. The van der Waals surface area contributed by atoms with Crippen LogP contribution in [0.2, 0.25) is 0 Å². The highest BCUT2D eigenvalue weighted by Crippen LogP contribution is 2.36. The van der Waals surface area contributed by atoms with Crippen LogP contribution in [-0.4, -0.2) is 60.5 Å². The molecule has 5 rings (SSSR count). The number of nitrogens with zero attached hydrogens (tertiary/aromatic N) is 5. The average molecular weight is 333 g/mol. The smallest absolute Gasteiger partial charge is 0.227 e. The summed E-state index contributed by atoms with van der Waals surface area (Å²) in [5.74, 6) is 1.39. The third-order valence-corrected chi connectivity index (χ3v) is 5.36. The number of halogens is 1. The van der Waals surface area contributed by atoms with Gasteiger partial charge in [-0.1, -0.05) is 0 Å². The number of hydrogen-bond donors (Lipinski definition) is 0. The molecule has 24 heavy (non-hydrogen) atoms. The quantitative estimate of drug-likeness (QED) is 0.836. The van der Waals surface area contributed by atoms with E-state index in [1.165, 1.54) is 19.0 Å². The molecule has 0 spiro atoms. The van der Waals surface area contributed by atoms with Crippen molar-refractivity contribution < 1.29 is 9.18 Å². The van der Waals surface area contributed by atoms with Crippen molar-refractivity contribution in [1.29, 1.82) is 0 Å². The topological polar surface area (TPSA) is 52.6 Å². The summed E-state index contributed by atoms with van der Waals surface area (Å²) in [5, 5.41) is 0. The predicted molar refractivity (Wildman–Crippen MR) is 89.5 cm³/mol. The Morgan fingerprint density at radius 3 is 2.75 bits per heavy atom. The predicted octanol–water partition coefficient (Wildman–Crippen LogP) is 1.52. The number of amides is 1. The highest BCUT2D eigenvalue weighted by Gasteiger charge is 2.43. The second-order valence-electron chi connectivity index (χ2n) is 7.50. The monoisotopic (exact) mass is 333 g/mol. The van der Waals surface area contributed by atoms with Crippen LogP contribution in [0.5, 0.6) is 0 Å². The molecule has 4 fully saturated rings. The Morgan fingerprint density at radius 2 is 2.04 bits per heavy atom. The van der Waals surface area contributed by atoms with Crippen LogP contribution in [0.15, 0.2) is 6.20 Å². The number of piperidine rings is 1. The van der Waals surface area contributed by atoms with Gasteiger partial charge in [-0.15, -0.1) is 0 Å². The van der Waals surface area contributed by atoms with Gasteiger partial charge < -0.3 is 14.7 Å². The molecule has 0 N–H and O–H groups in total. The Hall–Kier alpha value is -1.92. The molecule has 2 bridgehead atoms. The van der Waals surface area contributed by atoms with Gasteiger partial charge >= 0.3 is 0 Å². The molecule has 3 aliphatic heterocycles. The molecule has 1 aromatic rings. The standard InChI is InChI=1S/C17H24FN5O/c1-21(2)15-14(18)7-19-17(20-15)22-9-12-5-6-13(10-22)23(16(12)24)8-11-3-4-11/h7,11-13H,3-6,8-10H2,1-2H3/t12-,13+/m0/s1. The fraction of sp³-hybridized carbons (Fsp3) is 0.706. The third-order valence-electron chi connectivity index (χ3n) is 5.36. The number of hydrogen-bond acceptors (Lipinski definition) is 5. The van der Waals surface area contributed by atoms with E-state index < -0.39 is 5.82 Å². The summed E-state index contributed by atoms with van der Waals surface area (Å²) in [5.41, 5.74) is 0. The number of fused-ring (bicyclic) bond motifs is 4. The molecule has 6 nitrogen and oxygen atoms in total. The molecule has 1 saturated carbocycles. The number of carbonyl (C=O) groups excluding carboxylic acids is 1. The molecule has 4 heterocycles. The van der Waals surface area contributed by atoms with Crippen LogP contribution in [0.25, 0.3) is 0 Å². The molecule has 2 atom stereocenters. The molecule has 1 aliphatic carbocycles. The maximum atomic E-state index is 13.9. The lowest BCUT2D eigenvalue weighted by Crippen LogP contribution is -2.48. The second-order valence-corrected chi connectivity index (χ2v) is 7.50. The Kier molecular flexibility index (Phi) is 3.81. The zero-order chi connectivity index (χ0) is 16.8. The minimum Gasteiger partial charge on any atom is -0.360 e. The molecule has 3 saturated heterocycles. The minimum atomic E-state index is -0.423. The van der Waals surface area contributed by atoms with Gasteiger partial charge in [-0.2, -0.15) is 4.98 Å². The highest BCUT2D eigenvalue weighted by atomic mass is 19.1. The lowest BCUT2D eigenvalue weighted by Gasteiger charge is -2.36. The number of carbonyl (C=O) groups is 1. The Bertz CT molecular complexity index is 648. The van der Waals surface area contributed by atoms with Crippen molar-refractivity contribution in [1.82, 2.24) is 14.9 Å². The summed E-state index contributed by atoms with van der Waals surface area (Å²) < 4.78 is 13.9. The normalized spacial score (nSPS) is 26.7. The zero-order valence-corrected chi connectivity index (χ0v) is 14.3. The first-order valence-corrected chi connectivity index (χ1v) is 8.78. The van der Waals surface area contributed by atoms with E-state index >= 15 is 0 Å². The maximum absolute atomic E-state index is 13.9. The van der Waals surface area contributed by atoms with Gasteiger partial charge in [-0.25, -0.2) is 9.37 Å². The molecule has 0 aromatic carbocycles. The molecular weight excluding hydrogens is 309 g/mol. The summed E-state index contributed by atoms with van der Waals surface area (Å²) in [6.07, 6.45) is 5.70. The number of anilines is 2. The van der Waals surface area contributed by atoms with Crippen LogP contribution in [0, 0.1) is 17.7 Å². The van der Waals surface area contributed by atoms with Crippen molar-refractivity contribution in [2.45, 2.75) is 31.7 Å². The van der Waals surface area contributed by atoms with Crippen molar-refractivity contribution in [3.05, 3.63) is 12.0 Å². The van der Waals surface area contributed by atoms with Crippen molar-refractivity contribution in [2.24, 2.45) is 11.8 Å². The summed E-state index contributed by atoms with van der Waals surface area (Å²) in [6.45, 7) is 2.28. The average Bonchev–Trinajstić information content (AvgIpc) is 3.38. The fourth-order valence-electron chi connectivity index (χ4n) is 3.84. The molecule has 130 valence electrons. The van der Waals surface area contributed by atoms with Crippen LogP contribution in [0.4, 0.5) is 16.2 Å². The van der Waals surface area contributed by atoms with E-state index in [9.17, 15) is 9.18 Å². The van der Waals surface area contributed by atoms with E-state index in [4.69, 9.17) is 0 Å². The van der Waals surface area contributed by atoms with Gasteiger partial charge in [0.05, 0.1) is 12.1 Å². The lowest BCUT2D eigenvalue weighted by molar-refractivity contribution is -0.140. The van der Waals surface area contributed by atoms with E-state index in [0.29, 0.717) is 18.4 Å². The molecule has 0 radical (unpaired) electrons. The van der Waals surface area contributed by atoms with E-state index in [1.807, 2.05) is 0 Å². The number of rotatable bonds is 4. The lowest BCUT2D eigenvalue weighted by atomic mass is 9.94. The first-order valence-electron chi connectivity index (χ1n) is 8.78. The highest BCUT2D eigenvalue weighted by molar-refractivity contribution is 5.81. The van der Waals surface area contributed by atoms with Crippen LogP contribution >= 0.6 is 0 Å². The zero-order valence-electron chi connectivity index (χ0n) is 14.3. The molecule has 0 unspecified atom stereocenters.